The molecule has 0 aliphatic rings. The molecule has 0 bridgehead atoms. The van der Waals surface area contributed by atoms with Gasteiger partial charge in [0.2, 0.25) is 0 Å². The highest BCUT2D eigenvalue weighted by Crippen LogP contribution is 1.84. The van der Waals surface area contributed by atoms with Gasteiger partial charge in [-0.3, -0.25) is 9.59 Å². The molecule has 0 spiro atoms. The summed E-state index contributed by atoms with van der Waals surface area (Å²) in [5, 5.41) is 3.24. The van der Waals surface area contributed by atoms with Gasteiger partial charge in [0.1, 0.15) is 7.11 Å². The number of nitrogens with zero attached hydrogens (tertiary/aromatic N) is 1. The van der Waals surface area contributed by atoms with Gasteiger partial charge in [-0.2, -0.15) is 0 Å². The lowest BCUT2D eigenvalue weighted by atomic mass is 10.2. The average molecular weight is 143 g/mol. The summed E-state index contributed by atoms with van der Waals surface area (Å²) in [6, 6.07) is 0. The smallest absolute Gasteiger partial charge is 0.187 e. The molecule has 0 fully saturated rings. The predicted octanol–water partition coefficient (Wildman–Crippen LogP) is 0.167. The number of hydrogen-bond acceptors (Lipinski definition) is 4. The van der Waals surface area contributed by atoms with E-state index in [2.05, 4.69) is 9.99 Å². The first-order valence-corrected chi connectivity index (χ1v) is 2.72. The van der Waals surface area contributed by atoms with Crippen LogP contribution in [0.25, 0.3) is 0 Å². The van der Waals surface area contributed by atoms with Crippen LogP contribution in [0, 0.1) is 0 Å². The van der Waals surface area contributed by atoms with Crippen molar-refractivity contribution in [3.63, 3.8) is 0 Å². The van der Waals surface area contributed by atoms with Crippen LogP contribution < -0.4 is 0 Å². The van der Waals surface area contributed by atoms with E-state index in [9.17, 15) is 9.59 Å². The van der Waals surface area contributed by atoms with Crippen molar-refractivity contribution < 1.29 is 14.4 Å². The third-order valence-corrected chi connectivity index (χ3v) is 0.850. The van der Waals surface area contributed by atoms with Crippen molar-refractivity contribution in [2.75, 3.05) is 7.11 Å². The van der Waals surface area contributed by atoms with Crippen molar-refractivity contribution in [3.8, 4) is 0 Å². The topological polar surface area (TPSA) is 55.7 Å². The second kappa shape index (κ2) is 3.76. The first-order valence-electron chi connectivity index (χ1n) is 2.72. The van der Waals surface area contributed by atoms with Gasteiger partial charge in [-0.15, -0.1) is 0 Å². The highest BCUT2D eigenvalue weighted by molar-refractivity contribution is 6.65. The van der Waals surface area contributed by atoms with E-state index in [0.717, 1.165) is 0 Å². The van der Waals surface area contributed by atoms with Gasteiger partial charge in [-0.25, -0.2) is 0 Å². The predicted molar refractivity (Wildman–Crippen MR) is 35.8 cm³/mol. The molecule has 0 aliphatic heterocycles. The molecule has 0 atom stereocenters. The maximum absolute atomic E-state index is 10.5. The van der Waals surface area contributed by atoms with Gasteiger partial charge in [-0.1, -0.05) is 5.16 Å². The zero-order valence-corrected chi connectivity index (χ0v) is 6.17. The Bertz CT molecular complexity index is 167. The summed E-state index contributed by atoms with van der Waals surface area (Å²) in [5.74, 6) is -0.760. The number of carbonyl (C=O) groups is 2. The van der Waals surface area contributed by atoms with E-state index in [1.807, 2.05) is 0 Å². The Kier molecular flexibility index (Phi) is 3.32. The van der Waals surface area contributed by atoms with Crippen LogP contribution in [-0.2, 0) is 14.4 Å². The van der Waals surface area contributed by atoms with E-state index in [1.54, 1.807) is 0 Å². The lowest BCUT2D eigenvalue weighted by Gasteiger charge is -1.93. The summed E-state index contributed by atoms with van der Waals surface area (Å²) in [5.41, 5.74) is -0.150. The van der Waals surface area contributed by atoms with Crippen LogP contribution in [0.5, 0.6) is 0 Å². The lowest BCUT2D eigenvalue weighted by molar-refractivity contribution is -0.115. The third-order valence-electron chi connectivity index (χ3n) is 0.850. The van der Waals surface area contributed by atoms with E-state index in [1.165, 1.54) is 21.0 Å². The summed E-state index contributed by atoms with van der Waals surface area (Å²) in [6.07, 6.45) is 0. The molecule has 0 aromatic carbocycles. The van der Waals surface area contributed by atoms with Crippen LogP contribution in [0.2, 0.25) is 0 Å². The van der Waals surface area contributed by atoms with Gasteiger partial charge >= 0.3 is 0 Å². The minimum absolute atomic E-state index is 0.150. The number of oxime groups is 1. The lowest BCUT2D eigenvalue weighted by Crippen LogP contribution is -2.19. The van der Waals surface area contributed by atoms with Crippen molar-refractivity contribution in [1.29, 1.82) is 0 Å². The molecule has 0 amide bonds. The summed E-state index contributed by atoms with van der Waals surface area (Å²) in [4.78, 5) is 25.4. The number of rotatable bonds is 3. The van der Waals surface area contributed by atoms with E-state index >= 15 is 0 Å². The molecule has 10 heavy (non-hydrogen) atoms. The average Bonchev–Trinajstić information content (AvgIpc) is 1.81. The molecule has 0 aromatic rings. The molecule has 0 N–H and O–H groups in total. The van der Waals surface area contributed by atoms with Crippen molar-refractivity contribution in [3.05, 3.63) is 0 Å². The van der Waals surface area contributed by atoms with Gasteiger partial charge in [-0.05, 0) is 0 Å². The van der Waals surface area contributed by atoms with E-state index in [-0.39, 0.29) is 17.3 Å². The fourth-order valence-corrected chi connectivity index (χ4v) is 0.468. The Balaban J connectivity index is 4.42. The van der Waals surface area contributed by atoms with E-state index < -0.39 is 0 Å². The normalized spacial score (nSPS) is 8.30. The summed E-state index contributed by atoms with van der Waals surface area (Å²) in [7, 11) is 1.28. The minimum Gasteiger partial charge on any atom is -0.398 e. The molecular formula is C6H9NO3. The number of Topliss-reactive ketones (excluding diaryl/α,β-unsaturated/α-hetero) is 2. The van der Waals surface area contributed by atoms with Crippen LogP contribution in [-0.4, -0.2) is 24.4 Å². The zero-order chi connectivity index (χ0) is 8.15. The van der Waals surface area contributed by atoms with Crippen molar-refractivity contribution in [1.82, 2.24) is 0 Å². The van der Waals surface area contributed by atoms with E-state index in [0.29, 0.717) is 0 Å². The Morgan fingerprint density at radius 2 is 1.60 bits per heavy atom. The molecule has 0 aromatic heterocycles. The minimum atomic E-state index is -0.380. The van der Waals surface area contributed by atoms with Gasteiger partial charge in [0.05, 0.1) is 0 Å². The van der Waals surface area contributed by atoms with Crippen LogP contribution in [0.15, 0.2) is 5.16 Å². The summed E-state index contributed by atoms with van der Waals surface area (Å²) in [6.45, 7) is 2.53. The molecule has 0 radical (unpaired) electrons. The van der Waals surface area contributed by atoms with Gasteiger partial charge in [0.25, 0.3) is 0 Å². The fourth-order valence-electron chi connectivity index (χ4n) is 0.468. The number of carbonyl (C=O) groups excluding carboxylic acids is 2. The first-order chi connectivity index (χ1) is 4.59. The maximum atomic E-state index is 10.5. The molecular weight excluding hydrogens is 134 g/mol. The Hall–Kier alpha value is -1.19. The standard InChI is InChI=1S/C6H9NO3/c1-4(8)6(5(2)9)7-10-3/h1-3H3. The Morgan fingerprint density at radius 3 is 1.70 bits per heavy atom. The van der Waals surface area contributed by atoms with Crippen LogP contribution in [0.1, 0.15) is 13.8 Å². The van der Waals surface area contributed by atoms with Crippen LogP contribution >= 0.6 is 0 Å². The molecule has 0 unspecified atom stereocenters. The second-order valence-corrected chi connectivity index (χ2v) is 1.73. The largest absolute Gasteiger partial charge is 0.398 e. The molecule has 56 valence electrons. The van der Waals surface area contributed by atoms with Gasteiger partial charge in [0, 0.05) is 13.8 Å². The molecule has 4 nitrogen and oxygen atoms in total. The monoisotopic (exact) mass is 143 g/mol. The van der Waals surface area contributed by atoms with Crippen molar-refractivity contribution in [2.45, 2.75) is 13.8 Å². The first kappa shape index (κ1) is 8.81. The highest BCUT2D eigenvalue weighted by atomic mass is 16.6. The second-order valence-electron chi connectivity index (χ2n) is 1.73. The number of ketones is 2. The number of hydrogen-bond donors (Lipinski definition) is 0. The Morgan fingerprint density at radius 1 is 1.20 bits per heavy atom. The molecule has 0 rings (SSSR count). The van der Waals surface area contributed by atoms with Crippen LogP contribution in [0.3, 0.4) is 0 Å². The Labute approximate surface area is 58.8 Å². The quantitative estimate of drug-likeness (QED) is 0.321. The molecule has 0 saturated heterocycles. The maximum Gasteiger partial charge on any atom is 0.187 e. The summed E-state index contributed by atoms with van der Waals surface area (Å²) >= 11 is 0. The van der Waals surface area contributed by atoms with Gasteiger partial charge in [0.15, 0.2) is 17.3 Å². The molecule has 0 heterocycles. The zero-order valence-electron chi connectivity index (χ0n) is 6.17. The van der Waals surface area contributed by atoms with Crippen molar-refractivity contribution in [2.24, 2.45) is 5.16 Å². The van der Waals surface area contributed by atoms with Crippen LogP contribution in [0.4, 0.5) is 0 Å². The van der Waals surface area contributed by atoms with E-state index in [4.69, 9.17) is 0 Å². The fraction of sp³-hybridized carbons (Fsp3) is 0.500. The summed E-state index contributed by atoms with van der Waals surface area (Å²) < 4.78 is 0. The highest BCUT2D eigenvalue weighted by Gasteiger charge is 2.11. The van der Waals surface area contributed by atoms with Gasteiger partial charge < -0.3 is 4.84 Å². The molecule has 0 aliphatic carbocycles. The SMILES string of the molecule is CON=C(C(C)=O)C(C)=O. The molecule has 4 heteroatoms. The molecule has 0 saturated carbocycles. The third kappa shape index (κ3) is 2.39. The van der Waals surface area contributed by atoms with Crippen molar-refractivity contribution >= 4 is 17.3 Å².